The highest BCUT2D eigenvalue weighted by Gasteiger charge is 2.21. The molecule has 0 spiro atoms. The Kier molecular flexibility index (Phi) is 6.34. The van der Waals surface area contributed by atoms with E-state index in [9.17, 15) is 4.79 Å². The number of anilines is 1. The van der Waals surface area contributed by atoms with Gasteiger partial charge in [0.05, 0.1) is 23.9 Å². The van der Waals surface area contributed by atoms with Crippen molar-refractivity contribution in [1.29, 1.82) is 0 Å². The van der Waals surface area contributed by atoms with Crippen LogP contribution in [0.2, 0.25) is 0 Å². The molecule has 34 heavy (non-hydrogen) atoms. The minimum Gasteiger partial charge on any atom is -0.441 e. The summed E-state index contributed by atoms with van der Waals surface area (Å²) in [4.78, 5) is 21.9. The number of aryl methyl sites for hydroxylation is 2. The van der Waals surface area contributed by atoms with Gasteiger partial charge in [-0.05, 0) is 51.8 Å². The smallest absolute Gasteiger partial charge is 0.232 e. The van der Waals surface area contributed by atoms with E-state index in [0.29, 0.717) is 22.5 Å². The van der Waals surface area contributed by atoms with Crippen molar-refractivity contribution < 1.29 is 13.9 Å². The van der Waals surface area contributed by atoms with Gasteiger partial charge in [0.1, 0.15) is 5.76 Å². The maximum atomic E-state index is 12.7. The number of carbonyl (C=O) groups excluding carboxylic acids is 1. The van der Waals surface area contributed by atoms with Crippen molar-refractivity contribution >= 4 is 22.4 Å². The van der Waals surface area contributed by atoms with Crippen molar-refractivity contribution in [3.8, 4) is 22.7 Å². The van der Waals surface area contributed by atoms with Crippen LogP contribution < -0.4 is 5.32 Å². The van der Waals surface area contributed by atoms with E-state index in [-0.39, 0.29) is 18.4 Å². The summed E-state index contributed by atoms with van der Waals surface area (Å²) in [7, 11) is 0. The summed E-state index contributed by atoms with van der Waals surface area (Å²) in [6.07, 6.45) is 2.66. The van der Waals surface area contributed by atoms with Gasteiger partial charge in [0.2, 0.25) is 11.8 Å². The van der Waals surface area contributed by atoms with Crippen molar-refractivity contribution in [2.45, 2.75) is 52.7 Å². The average molecular weight is 477 g/mol. The predicted octanol–water partition coefficient (Wildman–Crippen LogP) is 5.55. The van der Waals surface area contributed by atoms with Gasteiger partial charge >= 0.3 is 0 Å². The quantitative estimate of drug-likeness (QED) is 0.378. The highest BCUT2D eigenvalue weighted by molar-refractivity contribution is 7.14. The number of rotatable bonds is 7. The number of hydrogen-bond acceptors (Lipinski definition) is 6. The van der Waals surface area contributed by atoms with E-state index in [1.807, 2.05) is 42.6 Å². The first-order valence-corrected chi connectivity index (χ1v) is 12.4. The fourth-order valence-corrected chi connectivity index (χ4v) is 5.13. The molecule has 176 valence electrons. The van der Waals surface area contributed by atoms with Gasteiger partial charge in [-0.25, -0.2) is 9.97 Å². The number of carbonyl (C=O) groups is 1. The number of nitrogens with zero attached hydrogens (tertiary/aromatic N) is 3. The standard InChI is InChI=1S/C26H28N4O3S/c1-16-12-21(17(2)30(16)14-20-10-7-11-32-20)23-15-34-26(28-23)29-24(31)13-22-18(3)33-25(27-22)19-8-5-4-6-9-19/h4-6,8-9,12,15,20H,7,10-11,13-14H2,1-3H3,(H,28,29,31). The van der Waals surface area contributed by atoms with E-state index < -0.39 is 0 Å². The highest BCUT2D eigenvalue weighted by atomic mass is 32.1. The number of hydrogen-bond donors (Lipinski definition) is 1. The number of amides is 1. The Morgan fingerprint density at radius 3 is 2.79 bits per heavy atom. The second-order valence-electron chi connectivity index (χ2n) is 8.68. The number of oxazole rings is 1. The molecule has 3 aromatic heterocycles. The fourth-order valence-electron chi connectivity index (χ4n) is 4.40. The lowest BCUT2D eigenvalue weighted by Crippen LogP contribution is -2.16. The van der Waals surface area contributed by atoms with E-state index in [1.54, 1.807) is 0 Å². The fraction of sp³-hybridized carbons (Fsp3) is 0.346. The normalized spacial score (nSPS) is 15.7. The van der Waals surface area contributed by atoms with Crippen molar-refractivity contribution in [2.75, 3.05) is 11.9 Å². The van der Waals surface area contributed by atoms with Gasteiger partial charge in [-0.2, -0.15) is 0 Å². The van der Waals surface area contributed by atoms with Gasteiger partial charge in [0, 0.05) is 41.0 Å². The lowest BCUT2D eigenvalue weighted by Gasteiger charge is -2.14. The Morgan fingerprint density at radius 2 is 2.03 bits per heavy atom. The molecule has 1 N–H and O–H groups in total. The monoisotopic (exact) mass is 476 g/mol. The van der Waals surface area contributed by atoms with Gasteiger partial charge < -0.3 is 19.0 Å². The van der Waals surface area contributed by atoms with Crippen LogP contribution in [0.4, 0.5) is 5.13 Å². The molecule has 7 nitrogen and oxygen atoms in total. The summed E-state index contributed by atoms with van der Waals surface area (Å²) in [5.74, 6) is 1.00. The van der Waals surface area contributed by atoms with Crippen LogP contribution in [0.25, 0.3) is 22.7 Å². The molecule has 8 heteroatoms. The second kappa shape index (κ2) is 9.56. The summed E-state index contributed by atoms with van der Waals surface area (Å²) >= 11 is 1.43. The lowest BCUT2D eigenvalue weighted by molar-refractivity contribution is -0.115. The number of ether oxygens (including phenoxy) is 1. The first-order chi connectivity index (χ1) is 16.5. The van der Waals surface area contributed by atoms with Gasteiger partial charge in [-0.15, -0.1) is 11.3 Å². The molecule has 1 amide bonds. The zero-order valence-electron chi connectivity index (χ0n) is 19.6. The summed E-state index contributed by atoms with van der Waals surface area (Å²) in [5.41, 5.74) is 5.84. The van der Waals surface area contributed by atoms with Crippen LogP contribution >= 0.6 is 11.3 Å². The Labute approximate surface area is 202 Å². The summed E-state index contributed by atoms with van der Waals surface area (Å²) in [5, 5.41) is 5.48. The van der Waals surface area contributed by atoms with Crippen LogP contribution in [0.3, 0.4) is 0 Å². The molecule has 1 atom stereocenters. The zero-order valence-corrected chi connectivity index (χ0v) is 20.4. The maximum Gasteiger partial charge on any atom is 0.232 e. The molecule has 4 heterocycles. The van der Waals surface area contributed by atoms with E-state index in [4.69, 9.17) is 9.15 Å². The van der Waals surface area contributed by atoms with Crippen LogP contribution in [-0.2, 0) is 22.5 Å². The number of thiazole rings is 1. The average Bonchev–Trinajstić information content (AvgIpc) is 3.61. The van der Waals surface area contributed by atoms with Gasteiger partial charge in [0.15, 0.2) is 5.13 Å². The zero-order chi connectivity index (χ0) is 23.7. The molecule has 0 radical (unpaired) electrons. The molecule has 0 bridgehead atoms. The van der Waals surface area contributed by atoms with Crippen LogP contribution in [0.5, 0.6) is 0 Å². The molecule has 0 aliphatic carbocycles. The Hall–Kier alpha value is -3.23. The molecule has 1 aliphatic rings. The van der Waals surface area contributed by atoms with Crippen LogP contribution in [-0.4, -0.2) is 33.2 Å². The molecule has 5 rings (SSSR count). The Morgan fingerprint density at radius 1 is 1.21 bits per heavy atom. The van der Waals surface area contributed by atoms with Crippen molar-refractivity contribution in [2.24, 2.45) is 0 Å². The molecule has 1 unspecified atom stereocenters. The molecule has 0 saturated carbocycles. The Balaban J connectivity index is 1.26. The van der Waals surface area contributed by atoms with Crippen LogP contribution in [0, 0.1) is 20.8 Å². The number of aromatic nitrogens is 3. The molecule has 1 fully saturated rings. The number of benzene rings is 1. The van der Waals surface area contributed by atoms with Crippen LogP contribution in [0.1, 0.15) is 35.7 Å². The van der Waals surface area contributed by atoms with Crippen molar-refractivity contribution in [3.63, 3.8) is 0 Å². The molecule has 4 aromatic rings. The van der Waals surface area contributed by atoms with Gasteiger partial charge in [-0.3, -0.25) is 4.79 Å². The number of nitrogens with one attached hydrogen (secondary N) is 1. The summed E-state index contributed by atoms with van der Waals surface area (Å²) < 4.78 is 13.9. The van der Waals surface area contributed by atoms with E-state index in [0.717, 1.165) is 42.8 Å². The van der Waals surface area contributed by atoms with E-state index in [1.165, 1.54) is 22.7 Å². The summed E-state index contributed by atoms with van der Waals surface area (Å²) in [6.45, 7) is 7.79. The minimum atomic E-state index is -0.166. The predicted molar refractivity (Wildman–Crippen MR) is 133 cm³/mol. The summed E-state index contributed by atoms with van der Waals surface area (Å²) in [6, 6.07) is 11.8. The topological polar surface area (TPSA) is 82.2 Å². The second-order valence-corrected chi connectivity index (χ2v) is 9.54. The maximum absolute atomic E-state index is 12.7. The molecular weight excluding hydrogens is 448 g/mol. The molecule has 1 aliphatic heterocycles. The van der Waals surface area contributed by atoms with Crippen molar-refractivity contribution in [1.82, 2.24) is 14.5 Å². The van der Waals surface area contributed by atoms with E-state index >= 15 is 0 Å². The van der Waals surface area contributed by atoms with Crippen LogP contribution in [0.15, 0.2) is 46.2 Å². The first kappa shape index (κ1) is 22.6. The SMILES string of the molecule is Cc1oc(-c2ccccc2)nc1CC(=O)Nc1nc(-c2cc(C)n(CC3CCCO3)c2C)cs1. The highest BCUT2D eigenvalue weighted by Crippen LogP contribution is 2.31. The Bertz CT molecular complexity index is 1300. The molecule has 1 aromatic carbocycles. The van der Waals surface area contributed by atoms with Gasteiger partial charge in [-0.1, -0.05) is 18.2 Å². The third-order valence-corrected chi connectivity index (χ3v) is 7.01. The lowest BCUT2D eigenvalue weighted by atomic mass is 10.2. The van der Waals surface area contributed by atoms with Gasteiger partial charge in [0.25, 0.3) is 0 Å². The third-order valence-electron chi connectivity index (χ3n) is 6.25. The van der Waals surface area contributed by atoms with Crippen molar-refractivity contribution in [3.05, 3.63) is 64.6 Å². The minimum absolute atomic E-state index is 0.132. The molecular formula is C26H28N4O3S. The van der Waals surface area contributed by atoms with E-state index in [2.05, 4.69) is 39.8 Å². The largest absolute Gasteiger partial charge is 0.441 e. The molecule has 1 saturated heterocycles. The third kappa shape index (κ3) is 4.69. The first-order valence-electron chi connectivity index (χ1n) is 11.5.